The minimum absolute atomic E-state index is 0.104. The molecule has 0 radical (unpaired) electrons. The van der Waals surface area contributed by atoms with Gasteiger partial charge in [-0.05, 0) is 30.2 Å². The number of hydrogen-bond acceptors (Lipinski definition) is 7. The Morgan fingerprint density at radius 3 is 2.32 bits per heavy atom. The minimum atomic E-state index is -1.13. The van der Waals surface area contributed by atoms with E-state index in [9.17, 15) is 19.5 Å². The number of nitrogens with zero attached hydrogens (tertiary/aromatic N) is 1. The predicted octanol–water partition coefficient (Wildman–Crippen LogP) is 3.55. The molecule has 0 bridgehead atoms. The van der Waals surface area contributed by atoms with Crippen LogP contribution in [0.3, 0.4) is 0 Å². The molecule has 34 heavy (non-hydrogen) atoms. The number of aromatic nitrogens is 1. The summed E-state index contributed by atoms with van der Waals surface area (Å²) in [6.45, 7) is 3.53. The molecule has 11 heteroatoms. The van der Waals surface area contributed by atoms with E-state index in [1.807, 2.05) is 0 Å². The summed E-state index contributed by atoms with van der Waals surface area (Å²) in [7, 11) is 0. The number of aliphatic carboxylic acids is 1. The maximum Gasteiger partial charge on any atom is 0.326 e. The standard InChI is InChI=1S/C23H22N4O7/c1-12(2)20(22(29)30)26-21(28)19-10-16(27-34-19)13-3-5-14(6-4-13)24-23(31)25-15-7-8-17-18(9-15)33-11-32-17/h3-10,12,20H,11H2,1-2H3,(H,26,28)(H,29,30)(H2,24,25,31). The minimum Gasteiger partial charge on any atom is -0.480 e. The van der Waals surface area contributed by atoms with Crippen molar-refractivity contribution >= 4 is 29.3 Å². The second-order valence-corrected chi connectivity index (χ2v) is 7.83. The number of carboxylic acids is 1. The lowest BCUT2D eigenvalue weighted by Gasteiger charge is -2.16. The first kappa shape index (κ1) is 22.6. The van der Waals surface area contributed by atoms with E-state index in [1.54, 1.807) is 56.3 Å². The number of carboxylic acid groups (broad SMARTS) is 1. The number of urea groups is 1. The van der Waals surface area contributed by atoms with Gasteiger partial charge in [-0.15, -0.1) is 0 Å². The summed E-state index contributed by atoms with van der Waals surface area (Å²) in [4.78, 5) is 35.9. The van der Waals surface area contributed by atoms with Gasteiger partial charge in [0, 0.05) is 29.1 Å². The van der Waals surface area contributed by atoms with Crippen LogP contribution in [0.15, 0.2) is 53.1 Å². The molecule has 4 rings (SSSR count). The van der Waals surface area contributed by atoms with Crippen molar-refractivity contribution in [1.29, 1.82) is 0 Å². The largest absolute Gasteiger partial charge is 0.480 e. The zero-order valence-corrected chi connectivity index (χ0v) is 18.3. The third kappa shape index (κ3) is 5.09. The van der Waals surface area contributed by atoms with E-state index in [2.05, 4.69) is 21.1 Å². The summed E-state index contributed by atoms with van der Waals surface area (Å²) < 4.78 is 15.6. The van der Waals surface area contributed by atoms with E-state index in [0.29, 0.717) is 34.1 Å². The van der Waals surface area contributed by atoms with Crippen LogP contribution in [0.4, 0.5) is 16.2 Å². The van der Waals surface area contributed by atoms with Gasteiger partial charge in [0.2, 0.25) is 12.6 Å². The van der Waals surface area contributed by atoms with Crippen molar-refractivity contribution in [3.05, 3.63) is 54.3 Å². The summed E-state index contributed by atoms with van der Waals surface area (Å²) in [6, 6.07) is 11.8. The Balaban J connectivity index is 1.36. The average Bonchev–Trinajstić information content (AvgIpc) is 3.47. The van der Waals surface area contributed by atoms with Crippen molar-refractivity contribution in [2.24, 2.45) is 5.92 Å². The van der Waals surface area contributed by atoms with Crippen LogP contribution in [-0.2, 0) is 4.79 Å². The second kappa shape index (κ2) is 9.53. The molecule has 3 amide bonds. The molecule has 0 saturated carbocycles. The van der Waals surface area contributed by atoms with E-state index >= 15 is 0 Å². The van der Waals surface area contributed by atoms with Crippen LogP contribution in [0.2, 0.25) is 0 Å². The van der Waals surface area contributed by atoms with Gasteiger partial charge in [0.25, 0.3) is 5.91 Å². The first-order valence-electron chi connectivity index (χ1n) is 10.4. The molecule has 11 nitrogen and oxygen atoms in total. The lowest BCUT2D eigenvalue weighted by molar-refractivity contribution is -0.140. The number of benzene rings is 2. The molecule has 3 aromatic rings. The van der Waals surface area contributed by atoms with Crippen molar-refractivity contribution in [1.82, 2.24) is 10.5 Å². The van der Waals surface area contributed by atoms with Gasteiger partial charge in [-0.3, -0.25) is 4.79 Å². The number of anilines is 2. The Morgan fingerprint density at radius 1 is 0.941 bits per heavy atom. The van der Waals surface area contributed by atoms with Crippen molar-refractivity contribution < 1.29 is 33.5 Å². The van der Waals surface area contributed by atoms with Crippen LogP contribution in [0.5, 0.6) is 11.5 Å². The highest BCUT2D eigenvalue weighted by Gasteiger charge is 2.26. The number of rotatable bonds is 7. The number of amides is 3. The molecule has 2 aromatic carbocycles. The Kier molecular flexibility index (Phi) is 6.35. The molecule has 1 unspecified atom stereocenters. The average molecular weight is 466 g/mol. The number of carbonyl (C=O) groups excluding carboxylic acids is 2. The summed E-state index contributed by atoms with van der Waals surface area (Å²) in [6.07, 6.45) is 0. The number of fused-ring (bicyclic) bond motifs is 1. The van der Waals surface area contributed by atoms with Crippen LogP contribution in [-0.4, -0.2) is 41.0 Å². The molecule has 0 fully saturated rings. The predicted molar refractivity (Wildman–Crippen MR) is 121 cm³/mol. The van der Waals surface area contributed by atoms with Crippen LogP contribution < -0.4 is 25.4 Å². The normalized spacial score (nSPS) is 12.8. The molecular weight excluding hydrogens is 444 g/mol. The first-order chi connectivity index (χ1) is 16.3. The zero-order valence-electron chi connectivity index (χ0n) is 18.3. The molecule has 0 saturated heterocycles. The smallest absolute Gasteiger partial charge is 0.326 e. The summed E-state index contributed by atoms with van der Waals surface area (Å²) >= 11 is 0. The Hall–Kier alpha value is -4.54. The van der Waals surface area contributed by atoms with Crippen molar-refractivity contribution in [2.45, 2.75) is 19.9 Å². The maximum absolute atomic E-state index is 12.3. The number of carbonyl (C=O) groups is 3. The number of nitrogens with one attached hydrogen (secondary N) is 3. The highest BCUT2D eigenvalue weighted by atomic mass is 16.7. The fraction of sp³-hybridized carbons (Fsp3) is 0.217. The van der Waals surface area contributed by atoms with Crippen molar-refractivity contribution in [3.8, 4) is 22.8 Å². The molecule has 176 valence electrons. The van der Waals surface area contributed by atoms with E-state index < -0.39 is 23.9 Å². The first-order valence-corrected chi connectivity index (χ1v) is 10.4. The number of hydrogen-bond donors (Lipinski definition) is 4. The van der Waals surface area contributed by atoms with Gasteiger partial charge in [-0.25, -0.2) is 9.59 Å². The van der Waals surface area contributed by atoms with Gasteiger partial charge in [-0.1, -0.05) is 31.1 Å². The highest BCUT2D eigenvalue weighted by molar-refractivity contribution is 6.00. The molecule has 0 aliphatic carbocycles. The fourth-order valence-corrected chi connectivity index (χ4v) is 3.24. The monoisotopic (exact) mass is 466 g/mol. The van der Waals surface area contributed by atoms with Crippen molar-refractivity contribution in [3.63, 3.8) is 0 Å². The summed E-state index contributed by atoms with van der Waals surface area (Å²) in [5.74, 6) is -1.02. The van der Waals surface area contributed by atoms with E-state index in [0.717, 1.165) is 0 Å². The molecule has 1 aliphatic heterocycles. The third-order valence-electron chi connectivity index (χ3n) is 5.02. The Morgan fingerprint density at radius 2 is 1.62 bits per heavy atom. The highest BCUT2D eigenvalue weighted by Crippen LogP contribution is 2.34. The SMILES string of the molecule is CC(C)C(NC(=O)c1cc(-c2ccc(NC(=O)Nc3ccc4c(c3)OCO4)cc2)no1)C(=O)O. The van der Waals surface area contributed by atoms with Gasteiger partial charge in [0.05, 0.1) is 0 Å². The van der Waals surface area contributed by atoms with Crippen LogP contribution in [0.1, 0.15) is 24.4 Å². The summed E-state index contributed by atoms with van der Waals surface area (Å²) in [5, 5.41) is 21.0. The molecule has 0 spiro atoms. The molecule has 1 atom stereocenters. The van der Waals surface area contributed by atoms with Gasteiger partial charge < -0.3 is 35.1 Å². The fourth-order valence-electron chi connectivity index (χ4n) is 3.24. The molecule has 1 aromatic heterocycles. The van der Waals surface area contributed by atoms with E-state index in [-0.39, 0.29) is 18.5 Å². The Bertz CT molecular complexity index is 1220. The molecule has 4 N–H and O–H groups in total. The maximum atomic E-state index is 12.3. The van der Waals surface area contributed by atoms with Gasteiger partial charge >= 0.3 is 12.0 Å². The molecule has 2 heterocycles. The van der Waals surface area contributed by atoms with E-state index in [4.69, 9.17) is 14.0 Å². The van der Waals surface area contributed by atoms with Crippen LogP contribution in [0, 0.1) is 5.92 Å². The lowest BCUT2D eigenvalue weighted by Crippen LogP contribution is -2.44. The van der Waals surface area contributed by atoms with Crippen molar-refractivity contribution in [2.75, 3.05) is 17.4 Å². The third-order valence-corrected chi connectivity index (χ3v) is 5.02. The van der Waals surface area contributed by atoms with Crippen LogP contribution in [0.25, 0.3) is 11.3 Å². The summed E-state index contributed by atoms with van der Waals surface area (Å²) in [5.41, 5.74) is 2.11. The molecule has 1 aliphatic rings. The topological polar surface area (TPSA) is 152 Å². The quantitative estimate of drug-likeness (QED) is 0.412. The van der Waals surface area contributed by atoms with Crippen LogP contribution >= 0.6 is 0 Å². The Labute approximate surface area is 194 Å². The second-order valence-electron chi connectivity index (χ2n) is 7.83. The van der Waals surface area contributed by atoms with Gasteiger partial charge in [0.15, 0.2) is 11.5 Å². The lowest BCUT2D eigenvalue weighted by atomic mass is 10.0. The number of ether oxygens (including phenoxy) is 2. The molecular formula is C23H22N4O7. The van der Waals surface area contributed by atoms with Gasteiger partial charge in [-0.2, -0.15) is 0 Å². The zero-order chi connectivity index (χ0) is 24.2. The van der Waals surface area contributed by atoms with Gasteiger partial charge in [0.1, 0.15) is 11.7 Å². The van der Waals surface area contributed by atoms with E-state index in [1.165, 1.54) is 6.07 Å².